The molecule has 2 aliphatic heterocycles. The molecule has 0 bridgehead atoms. The molecule has 1 saturated heterocycles. The van der Waals surface area contributed by atoms with Gasteiger partial charge in [-0.3, -0.25) is 4.79 Å². The highest BCUT2D eigenvalue weighted by Gasteiger charge is 2.43. The Balaban J connectivity index is 1.51. The number of nitrogens with zero attached hydrogens (tertiary/aromatic N) is 5. The Kier molecular flexibility index (Phi) is 6.87. The van der Waals surface area contributed by atoms with Gasteiger partial charge in [-0.15, -0.1) is 4.40 Å². The summed E-state index contributed by atoms with van der Waals surface area (Å²) in [6.07, 6.45) is -1.89. The lowest BCUT2D eigenvalue weighted by Gasteiger charge is -2.28. The predicted octanol–water partition coefficient (Wildman–Crippen LogP) is 3.90. The molecule has 1 amide bonds. The molecule has 5 rings (SSSR count). The van der Waals surface area contributed by atoms with Crippen molar-refractivity contribution in [1.82, 2.24) is 14.7 Å². The fraction of sp³-hybridized carbons (Fsp3) is 0.346. The van der Waals surface area contributed by atoms with Crippen LogP contribution in [-0.2, 0) is 22.6 Å². The minimum absolute atomic E-state index is 0.0268. The standard InChI is InChI=1S/C26H26F3N5O4S/c1-38-20-11-9-19(10-12-20)34-22-21(23(30-34)26(27,28)29)13-16-33(25(22)35)18-7-5-17(6-8-18)24(31-39(2,36)37)32-14-3-4-15-32/h5-12H,3-4,13-16H2,1-2H3/b31-24+. The maximum atomic E-state index is 13.9. The lowest BCUT2D eigenvalue weighted by molar-refractivity contribution is -0.141. The molecule has 0 radical (unpaired) electrons. The van der Waals surface area contributed by atoms with E-state index in [-0.39, 0.29) is 24.2 Å². The third kappa shape index (κ3) is 5.35. The molecule has 0 unspecified atom stereocenters. The number of anilines is 1. The number of carbonyl (C=O) groups is 1. The van der Waals surface area contributed by atoms with Gasteiger partial charge < -0.3 is 14.5 Å². The molecule has 1 aromatic heterocycles. The Hall–Kier alpha value is -3.87. The Morgan fingerprint density at radius 2 is 1.59 bits per heavy atom. The van der Waals surface area contributed by atoms with Crippen LogP contribution in [0.2, 0.25) is 0 Å². The van der Waals surface area contributed by atoms with E-state index < -0.39 is 27.8 Å². The van der Waals surface area contributed by atoms with Crippen LogP contribution in [0.3, 0.4) is 0 Å². The van der Waals surface area contributed by atoms with Gasteiger partial charge in [0.1, 0.15) is 17.3 Å². The van der Waals surface area contributed by atoms with Crippen LogP contribution >= 0.6 is 0 Å². The molecule has 1 fully saturated rings. The largest absolute Gasteiger partial charge is 0.497 e. The first-order valence-electron chi connectivity index (χ1n) is 12.3. The van der Waals surface area contributed by atoms with E-state index in [9.17, 15) is 26.4 Å². The van der Waals surface area contributed by atoms with E-state index in [0.717, 1.165) is 23.8 Å². The highest BCUT2D eigenvalue weighted by Crippen LogP contribution is 2.37. The molecule has 0 spiro atoms. The van der Waals surface area contributed by atoms with Crippen molar-refractivity contribution in [3.8, 4) is 11.4 Å². The lowest BCUT2D eigenvalue weighted by atomic mass is 10.0. The lowest BCUT2D eigenvalue weighted by Crippen LogP contribution is -2.39. The topological polar surface area (TPSA) is 97.1 Å². The number of sulfonamides is 1. The second kappa shape index (κ2) is 10.0. The summed E-state index contributed by atoms with van der Waals surface area (Å²) in [6.45, 7) is 1.39. The number of hydrogen-bond donors (Lipinski definition) is 0. The summed E-state index contributed by atoms with van der Waals surface area (Å²) in [7, 11) is -2.18. The van der Waals surface area contributed by atoms with Gasteiger partial charge in [0.25, 0.3) is 15.9 Å². The monoisotopic (exact) mass is 561 g/mol. The van der Waals surface area contributed by atoms with Crippen LogP contribution in [0.4, 0.5) is 18.9 Å². The minimum Gasteiger partial charge on any atom is -0.497 e. The Morgan fingerprint density at radius 3 is 2.15 bits per heavy atom. The third-order valence-electron chi connectivity index (χ3n) is 6.70. The average molecular weight is 562 g/mol. The molecule has 3 aromatic rings. The summed E-state index contributed by atoms with van der Waals surface area (Å²) in [5.74, 6) is 0.227. The SMILES string of the molecule is COc1ccc(-n2nc(C(F)(F)F)c3c2C(=O)N(c2ccc(/C(=N\S(C)(=O)=O)N4CCCC4)cc2)CC3)cc1. The van der Waals surface area contributed by atoms with E-state index in [1.54, 1.807) is 36.4 Å². The summed E-state index contributed by atoms with van der Waals surface area (Å²) in [6, 6.07) is 12.9. The Morgan fingerprint density at radius 1 is 0.974 bits per heavy atom. The van der Waals surface area contributed by atoms with Gasteiger partial charge >= 0.3 is 6.18 Å². The van der Waals surface area contributed by atoms with E-state index in [1.807, 2.05) is 4.90 Å². The van der Waals surface area contributed by atoms with Gasteiger partial charge in [0.15, 0.2) is 5.69 Å². The third-order valence-corrected chi connectivity index (χ3v) is 7.20. The van der Waals surface area contributed by atoms with Crippen LogP contribution in [0.5, 0.6) is 5.75 Å². The van der Waals surface area contributed by atoms with Crippen molar-refractivity contribution >= 4 is 27.5 Å². The molecule has 0 N–H and O–H groups in total. The number of halogens is 3. The van der Waals surface area contributed by atoms with E-state index in [1.165, 1.54) is 24.1 Å². The summed E-state index contributed by atoms with van der Waals surface area (Å²) in [4.78, 5) is 17.0. The van der Waals surface area contributed by atoms with Gasteiger partial charge in [0.05, 0.1) is 19.1 Å². The molecule has 9 nitrogen and oxygen atoms in total. The number of rotatable bonds is 5. The quantitative estimate of drug-likeness (QED) is 0.346. The first kappa shape index (κ1) is 26.7. The average Bonchev–Trinajstić information content (AvgIpc) is 3.56. The number of alkyl halides is 3. The van der Waals surface area contributed by atoms with Crippen molar-refractivity contribution in [2.45, 2.75) is 25.4 Å². The maximum absolute atomic E-state index is 13.9. The number of amides is 1. The maximum Gasteiger partial charge on any atom is 0.435 e. The fourth-order valence-corrected chi connectivity index (χ4v) is 5.45. The number of fused-ring (bicyclic) bond motifs is 1. The number of aromatic nitrogens is 2. The van der Waals surface area contributed by atoms with Crippen LogP contribution < -0.4 is 9.64 Å². The second-order valence-electron chi connectivity index (χ2n) is 9.38. The van der Waals surface area contributed by atoms with Crippen LogP contribution in [0.15, 0.2) is 52.9 Å². The van der Waals surface area contributed by atoms with Crippen molar-refractivity contribution < 1.29 is 31.1 Å². The predicted molar refractivity (Wildman–Crippen MR) is 139 cm³/mol. The molecular weight excluding hydrogens is 535 g/mol. The molecule has 0 aliphatic carbocycles. The molecule has 0 atom stereocenters. The summed E-state index contributed by atoms with van der Waals surface area (Å²) < 4.78 is 75.6. The summed E-state index contributed by atoms with van der Waals surface area (Å²) in [5, 5.41) is 3.81. The van der Waals surface area contributed by atoms with Crippen LogP contribution in [0.1, 0.15) is 40.2 Å². The normalized spacial score (nSPS) is 16.5. The number of benzene rings is 2. The molecule has 13 heteroatoms. The first-order valence-corrected chi connectivity index (χ1v) is 14.1. The Labute approximate surface area is 223 Å². The van der Waals surface area contributed by atoms with Gasteiger partial charge in [-0.05, 0) is 67.8 Å². The van der Waals surface area contributed by atoms with Crippen molar-refractivity contribution in [2.24, 2.45) is 4.40 Å². The number of hydrogen-bond acceptors (Lipinski definition) is 5. The molecule has 206 valence electrons. The minimum atomic E-state index is -4.73. The number of ether oxygens (including phenoxy) is 1. The van der Waals surface area contributed by atoms with Gasteiger partial charge in [-0.25, -0.2) is 13.1 Å². The zero-order chi connectivity index (χ0) is 27.9. The zero-order valence-corrected chi connectivity index (χ0v) is 22.1. The van der Waals surface area contributed by atoms with Crippen molar-refractivity contribution in [3.63, 3.8) is 0 Å². The van der Waals surface area contributed by atoms with Crippen LogP contribution in [-0.4, -0.2) is 67.8 Å². The molecule has 0 saturated carbocycles. The van der Waals surface area contributed by atoms with Gasteiger partial charge in [-0.1, -0.05) is 0 Å². The van der Waals surface area contributed by atoms with Crippen molar-refractivity contribution in [1.29, 1.82) is 0 Å². The van der Waals surface area contributed by atoms with Crippen molar-refractivity contribution in [2.75, 3.05) is 37.9 Å². The van der Waals surface area contributed by atoms with E-state index >= 15 is 0 Å². The Bertz CT molecular complexity index is 1530. The van der Waals surface area contributed by atoms with Crippen LogP contribution in [0.25, 0.3) is 5.69 Å². The number of carbonyl (C=O) groups excluding carboxylic acids is 1. The molecular formula is C26H26F3N5O4S. The summed E-state index contributed by atoms with van der Waals surface area (Å²) in [5.41, 5.74) is -0.0549. The fourth-order valence-electron chi connectivity index (χ4n) is 4.91. The molecule has 39 heavy (non-hydrogen) atoms. The molecule has 2 aromatic carbocycles. The zero-order valence-electron chi connectivity index (χ0n) is 21.3. The van der Waals surface area contributed by atoms with Gasteiger partial charge in [0.2, 0.25) is 0 Å². The van der Waals surface area contributed by atoms with Gasteiger partial charge in [-0.2, -0.15) is 18.3 Å². The molecule has 2 aliphatic rings. The van der Waals surface area contributed by atoms with Gasteiger partial charge in [0, 0.05) is 36.4 Å². The molecule has 3 heterocycles. The number of methoxy groups -OCH3 is 1. The van der Waals surface area contributed by atoms with E-state index in [4.69, 9.17) is 4.74 Å². The number of likely N-dealkylation sites (tertiary alicyclic amines) is 1. The van der Waals surface area contributed by atoms with E-state index in [0.29, 0.717) is 41.6 Å². The van der Waals surface area contributed by atoms with Crippen molar-refractivity contribution in [3.05, 3.63) is 71.0 Å². The van der Waals surface area contributed by atoms with Crippen LogP contribution in [0, 0.1) is 0 Å². The summed E-state index contributed by atoms with van der Waals surface area (Å²) >= 11 is 0. The number of amidine groups is 1. The second-order valence-corrected chi connectivity index (χ2v) is 11.0. The highest BCUT2D eigenvalue weighted by molar-refractivity contribution is 7.89. The first-order chi connectivity index (χ1) is 18.5. The highest BCUT2D eigenvalue weighted by atomic mass is 32.2. The smallest absolute Gasteiger partial charge is 0.435 e. The van der Waals surface area contributed by atoms with E-state index in [2.05, 4.69) is 9.50 Å².